The molecule has 3 heterocycles. The van der Waals surface area contributed by atoms with E-state index in [1.807, 2.05) is 6.92 Å². The van der Waals surface area contributed by atoms with Crippen LogP contribution >= 0.6 is 0 Å². The minimum Gasteiger partial charge on any atom is -0.341 e. The Morgan fingerprint density at radius 3 is 2.64 bits per heavy atom. The van der Waals surface area contributed by atoms with Crippen molar-refractivity contribution >= 4 is 10.2 Å². The summed E-state index contributed by atoms with van der Waals surface area (Å²) in [5.41, 5.74) is 2.56. The first-order chi connectivity index (χ1) is 11.9. The minimum absolute atomic E-state index is 0.259. The first kappa shape index (κ1) is 18.0. The summed E-state index contributed by atoms with van der Waals surface area (Å²) in [6.07, 6.45) is 7.82. The van der Waals surface area contributed by atoms with Crippen molar-refractivity contribution in [3.05, 3.63) is 30.0 Å². The third-order valence-electron chi connectivity index (χ3n) is 4.42. The molecular weight excluding hydrogens is 340 g/mol. The molecule has 25 heavy (non-hydrogen) atoms. The lowest BCUT2D eigenvalue weighted by Crippen LogP contribution is -2.45. The van der Waals surface area contributed by atoms with E-state index in [4.69, 9.17) is 0 Å². The summed E-state index contributed by atoms with van der Waals surface area (Å²) in [6, 6.07) is 0. The van der Waals surface area contributed by atoms with Gasteiger partial charge in [-0.25, -0.2) is 9.97 Å². The smallest absolute Gasteiger partial charge is 0.281 e. The highest BCUT2D eigenvalue weighted by molar-refractivity contribution is 7.86. The van der Waals surface area contributed by atoms with Gasteiger partial charge in [-0.3, -0.25) is 4.98 Å². The van der Waals surface area contributed by atoms with Gasteiger partial charge in [-0.1, -0.05) is 0 Å². The zero-order valence-corrected chi connectivity index (χ0v) is 15.6. The van der Waals surface area contributed by atoms with E-state index in [0.29, 0.717) is 24.6 Å². The summed E-state index contributed by atoms with van der Waals surface area (Å²) < 4.78 is 27.4. The largest absolute Gasteiger partial charge is 0.341 e. The molecule has 1 unspecified atom stereocenters. The Balaban J connectivity index is 1.66. The number of nitrogens with one attached hydrogen (secondary N) is 1. The highest BCUT2D eigenvalue weighted by Crippen LogP contribution is 2.23. The molecule has 8 nitrogen and oxygen atoms in total. The van der Waals surface area contributed by atoms with Crippen LogP contribution in [0.3, 0.4) is 0 Å². The molecule has 0 saturated carbocycles. The number of aromatic amines is 1. The van der Waals surface area contributed by atoms with Crippen molar-refractivity contribution in [2.75, 3.05) is 27.2 Å². The van der Waals surface area contributed by atoms with E-state index in [0.717, 1.165) is 30.7 Å². The molecule has 0 bridgehead atoms. The van der Waals surface area contributed by atoms with Crippen molar-refractivity contribution in [2.45, 2.75) is 26.2 Å². The zero-order chi connectivity index (χ0) is 18.0. The van der Waals surface area contributed by atoms with Crippen LogP contribution in [0.25, 0.3) is 11.5 Å². The lowest BCUT2D eigenvalue weighted by molar-refractivity contribution is 0.253. The Morgan fingerprint density at radius 1 is 1.24 bits per heavy atom. The standard InChI is InChI=1S/C16H24N6O2S/c1-12-8-19-16(20-12)15-10-17-14(9-18-15)7-13-5-4-6-22(11-13)25(23,24)21(2)3/h8-10,13H,4-7,11H2,1-3H3,(H,19,20). The summed E-state index contributed by atoms with van der Waals surface area (Å²) in [6.45, 7) is 3.05. The van der Waals surface area contributed by atoms with Gasteiger partial charge in [0, 0.05) is 45.3 Å². The summed E-state index contributed by atoms with van der Waals surface area (Å²) >= 11 is 0. The predicted molar refractivity (Wildman–Crippen MR) is 95.0 cm³/mol. The monoisotopic (exact) mass is 364 g/mol. The number of aromatic nitrogens is 4. The quantitative estimate of drug-likeness (QED) is 0.861. The molecule has 9 heteroatoms. The van der Waals surface area contributed by atoms with Crippen LogP contribution in [0.15, 0.2) is 18.6 Å². The van der Waals surface area contributed by atoms with Gasteiger partial charge in [0.1, 0.15) is 5.69 Å². The van der Waals surface area contributed by atoms with Crippen LogP contribution in [0, 0.1) is 12.8 Å². The fourth-order valence-electron chi connectivity index (χ4n) is 3.06. The normalized spacial score (nSPS) is 19.4. The van der Waals surface area contributed by atoms with Gasteiger partial charge >= 0.3 is 0 Å². The molecule has 0 spiro atoms. The first-order valence-electron chi connectivity index (χ1n) is 8.37. The first-order valence-corrected chi connectivity index (χ1v) is 9.76. The SMILES string of the molecule is Cc1cnc(-c2cnc(CC3CCCN(S(=O)(=O)N(C)C)C3)cn2)[nH]1. The molecule has 136 valence electrons. The van der Waals surface area contributed by atoms with Gasteiger partial charge in [-0.2, -0.15) is 17.0 Å². The van der Waals surface area contributed by atoms with Crippen molar-refractivity contribution in [1.29, 1.82) is 0 Å². The molecule has 1 N–H and O–H groups in total. The van der Waals surface area contributed by atoms with Crippen molar-refractivity contribution in [2.24, 2.45) is 5.92 Å². The van der Waals surface area contributed by atoms with Crippen LogP contribution in [0.5, 0.6) is 0 Å². The third-order valence-corrected chi connectivity index (χ3v) is 6.33. The number of nitrogens with zero attached hydrogens (tertiary/aromatic N) is 5. The number of rotatable bonds is 5. The highest BCUT2D eigenvalue weighted by Gasteiger charge is 2.30. The van der Waals surface area contributed by atoms with Crippen LogP contribution in [0.1, 0.15) is 24.2 Å². The lowest BCUT2D eigenvalue weighted by Gasteiger charge is -2.33. The number of aryl methyl sites for hydroxylation is 1. The number of piperidine rings is 1. The molecule has 0 radical (unpaired) electrons. The topological polar surface area (TPSA) is 95.1 Å². The molecule has 2 aromatic rings. The second kappa shape index (κ2) is 7.19. The fraction of sp³-hybridized carbons (Fsp3) is 0.562. The van der Waals surface area contributed by atoms with E-state index in [9.17, 15) is 8.42 Å². The average Bonchev–Trinajstić information content (AvgIpc) is 3.02. The zero-order valence-electron chi connectivity index (χ0n) is 14.8. The second-order valence-corrected chi connectivity index (χ2v) is 8.81. The molecule has 0 amide bonds. The molecule has 2 aromatic heterocycles. The lowest BCUT2D eigenvalue weighted by atomic mass is 9.95. The number of hydrogen-bond donors (Lipinski definition) is 1. The second-order valence-electron chi connectivity index (χ2n) is 6.67. The van der Waals surface area contributed by atoms with E-state index in [1.54, 1.807) is 37.0 Å². The predicted octanol–water partition coefficient (Wildman–Crippen LogP) is 1.24. The van der Waals surface area contributed by atoms with Crippen LogP contribution in [0.4, 0.5) is 0 Å². The van der Waals surface area contributed by atoms with Gasteiger partial charge in [0.15, 0.2) is 5.82 Å². The van der Waals surface area contributed by atoms with Gasteiger partial charge in [0.2, 0.25) is 0 Å². The fourth-order valence-corrected chi connectivity index (χ4v) is 4.28. The third kappa shape index (κ3) is 4.05. The highest BCUT2D eigenvalue weighted by atomic mass is 32.2. The van der Waals surface area contributed by atoms with Crippen LogP contribution in [-0.4, -0.2) is 64.1 Å². The number of hydrogen-bond acceptors (Lipinski definition) is 5. The van der Waals surface area contributed by atoms with Gasteiger partial charge in [0.05, 0.1) is 11.9 Å². The van der Waals surface area contributed by atoms with E-state index < -0.39 is 10.2 Å². The van der Waals surface area contributed by atoms with Gasteiger partial charge in [0.25, 0.3) is 10.2 Å². The van der Waals surface area contributed by atoms with Gasteiger partial charge in [-0.05, 0) is 32.1 Å². The molecule has 0 aromatic carbocycles. The maximum absolute atomic E-state index is 12.3. The summed E-state index contributed by atoms with van der Waals surface area (Å²) in [5, 5.41) is 0. The molecule has 1 aliphatic heterocycles. The molecule has 1 atom stereocenters. The number of H-pyrrole nitrogens is 1. The van der Waals surface area contributed by atoms with E-state index >= 15 is 0 Å². The molecule has 1 saturated heterocycles. The summed E-state index contributed by atoms with van der Waals surface area (Å²) in [5.74, 6) is 0.965. The molecular formula is C16H24N6O2S. The van der Waals surface area contributed by atoms with Crippen molar-refractivity contribution in [1.82, 2.24) is 28.5 Å². The Morgan fingerprint density at radius 2 is 2.04 bits per heavy atom. The molecule has 3 rings (SSSR count). The maximum atomic E-state index is 12.3. The van der Waals surface area contributed by atoms with Gasteiger partial charge in [-0.15, -0.1) is 0 Å². The van der Waals surface area contributed by atoms with Crippen molar-refractivity contribution in [3.63, 3.8) is 0 Å². The van der Waals surface area contributed by atoms with Crippen molar-refractivity contribution in [3.8, 4) is 11.5 Å². The molecule has 1 aliphatic rings. The molecule has 0 aliphatic carbocycles. The minimum atomic E-state index is -3.35. The Bertz CT molecular complexity index is 815. The summed E-state index contributed by atoms with van der Waals surface area (Å²) in [7, 11) is -0.209. The Kier molecular flexibility index (Phi) is 5.16. The van der Waals surface area contributed by atoms with Crippen LogP contribution in [-0.2, 0) is 16.6 Å². The summed E-state index contributed by atoms with van der Waals surface area (Å²) in [4.78, 5) is 16.3. The van der Waals surface area contributed by atoms with E-state index in [1.165, 1.54) is 4.31 Å². The number of imidazole rings is 1. The Hall–Kier alpha value is -1.84. The van der Waals surface area contributed by atoms with Crippen LogP contribution < -0.4 is 0 Å². The van der Waals surface area contributed by atoms with E-state index in [2.05, 4.69) is 19.9 Å². The maximum Gasteiger partial charge on any atom is 0.281 e. The van der Waals surface area contributed by atoms with Crippen molar-refractivity contribution < 1.29 is 8.42 Å². The Labute approximate surface area is 148 Å². The average molecular weight is 364 g/mol. The van der Waals surface area contributed by atoms with Crippen LogP contribution in [0.2, 0.25) is 0 Å². The van der Waals surface area contributed by atoms with E-state index in [-0.39, 0.29) is 5.92 Å². The van der Waals surface area contributed by atoms with Gasteiger partial charge < -0.3 is 4.98 Å². The molecule has 1 fully saturated rings.